The number of nitrogens with one attached hydrogen (secondary N) is 1. The van der Waals surface area contributed by atoms with Crippen LogP contribution in [-0.2, 0) is 17.8 Å². The molecule has 106 valence electrons. The highest BCUT2D eigenvalue weighted by atomic mass is 79.9. The molecule has 1 N–H and O–H groups in total. The van der Waals surface area contributed by atoms with Crippen LogP contribution in [0.15, 0.2) is 27.5 Å². The Labute approximate surface area is 134 Å². The third kappa shape index (κ3) is 3.41. The maximum absolute atomic E-state index is 11.8. The molecule has 0 radical (unpaired) electrons. The second-order valence-electron chi connectivity index (χ2n) is 4.08. The van der Waals surface area contributed by atoms with Crippen molar-refractivity contribution in [2.75, 3.05) is 7.11 Å². The Kier molecular flexibility index (Phi) is 5.21. The van der Waals surface area contributed by atoms with E-state index in [9.17, 15) is 4.79 Å². The van der Waals surface area contributed by atoms with Crippen molar-refractivity contribution in [1.82, 2.24) is 9.97 Å². The molecule has 0 aliphatic rings. The normalized spacial score (nSPS) is 10.8. The first kappa shape index (κ1) is 15.5. The van der Waals surface area contributed by atoms with E-state index in [0.717, 1.165) is 5.56 Å². The summed E-state index contributed by atoms with van der Waals surface area (Å²) in [5.41, 5.74) is 1.00. The summed E-state index contributed by atoms with van der Waals surface area (Å²) < 4.78 is 5.39. The smallest absolute Gasteiger partial charge is 0.265 e. The van der Waals surface area contributed by atoms with Crippen LogP contribution >= 0.6 is 39.1 Å². The summed E-state index contributed by atoms with van der Waals surface area (Å²) in [6, 6.07) is 5.26. The minimum Gasteiger partial charge on any atom is -0.378 e. The molecule has 0 amide bonds. The molecule has 4 nitrogen and oxygen atoms in total. The van der Waals surface area contributed by atoms with E-state index in [1.165, 1.54) is 0 Å². The molecule has 1 aromatic heterocycles. The van der Waals surface area contributed by atoms with Gasteiger partial charge in [-0.25, -0.2) is 4.98 Å². The lowest BCUT2D eigenvalue weighted by molar-refractivity contribution is 0.180. The first-order valence-electron chi connectivity index (χ1n) is 5.72. The number of H-pyrrole nitrogens is 1. The van der Waals surface area contributed by atoms with Gasteiger partial charge in [0.05, 0.1) is 12.3 Å². The molecule has 0 aliphatic carbocycles. The Morgan fingerprint density at radius 1 is 1.35 bits per heavy atom. The van der Waals surface area contributed by atoms with Gasteiger partial charge in [-0.15, -0.1) is 0 Å². The van der Waals surface area contributed by atoms with Gasteiger partial charge in [-0.2, -0.15) is 0 Å². The highest BCUT2D eigenvalue weighted by Gasteiger charge is 2.12. The molecule has 7 heteroatoms. The lowest BCUT2D eigenvalue weighted by Gasteiger charge is -2.08. The van der Waals surface area contributed by atoms with E-state index in [1.54, 1.807) is 25.3 Å². The summed E-state index contributed by atoms with van der Waals surface area (Å²) in [7, 11) is 1.54. The number of aromatic amines is 1. The number of hydrogen-bond acceptors (Lipinski definition) is 3. The molecule has 2 aromatic rings. The Morgan fingerprint density at radius 2 is 2.00 bits per heavy atom. The fourth-order valence-corrected chi connectivity index (χ4v) is 2.57. The van der Waals surface area contributed by atoms with E-state index in [1.807, 2.05) is 0 Å². The zero-order chi connectivity index (χ0) is 14.7. The monoisotopic (exact) mass is 376 g/mol. The van der Waals surface area contributed by atoms with E-state index >= 15 is 0 Å². The number of ether oxygens (including phenoxy) is 1. The zero-order valence-corrected chi connectivity index (χ0v) is 13.6. The topological polar surface area (TPSA) is 55.0 Å². The van der Waals surface area contributed by atoms with Crippen LogP contribution in [-0.4, -0.2) is 17.1 Å². The molecule has 0 atom stereocenters. The van der Waals surface area contributed by atoms with Crippen LogP contribution in [0.25, 0.3) is 0 Å². The Balaban J connectivity index is 2.42. The van der Waals surface area contributed by atoms with Gasteiger partial charge in [-0.05, 0) is 33.6 Å². The first-order valence-corrected chi connectivity index (χ1v) is 7.27. The number of methoxy groups -OCH3 is 1. The van der Waals surface area contributed by atoms with Gasteiger partial charge in [-0.1, -0.05) is 29.3 Å². The Hall–Kier alpha value is -0.880. The average Bonchev–Trinajstić information content (AvgIpc) is 2.40. The summed E-state index contributed by atoms with van der Waals surface area (Å²) in [5.74, 6) is 0.486. The van der Waals surface area contributed by atoms with E-state index in [-0.39, 0.29) is 12.2 Å². The van der Waals surface area contributed by atoms with Crippen LogP contribution < -0.4 is 5.56 Å². The number of aromatic nitrogens is 2. The molecule has 0 saturated carbocycles. The molecule has 0 saturated heterocycles. The third-order valence-corrected chi connectivity index (χ3v) is 4.19. The van der Waals surface area contributed by atoms with E-state index in [4.69, 9.17) is 27.9 Å². The highest BCUT2D eigenvalue weighted by molar-refractivity contribution is 9.10. The number of rotatable bonds is 4. The van der Waals surface area contributed by atoms with Crippen molar-refractivity contribution in [3.05, 3.63) is 60.2 Å². The van der Waals surface area contributed by atoms with Crippen molar-refractivity contribution >= 4 is 39.1 Å². The molecular weight excluding hydrogens is 367 g/mol. The van der Waals surface area contributed by atoms with Crippen molar-refractivity contribution in [3.63, 3.8) is 0 Å². The van der Waals surface area contributed by atoms with Crippen LogP contribution in [0.2, 0.25) is 10.0 Å². The maximum atomic E-state index is 11.8. The van der Waals surface area contributed by atoms with Crippen molar-refractivity contribution in [1.29, 1.82) is 0 Å². The number of hydrogen-bond donors (Lipinski definition) is 1. The predicted octanol–water partition coefficient (Wildman–Crippen LogP) is 3.58. The molecular formula is C13H11BrCl2N2O2. The van der Waals surface area contributed by atoms with Crippen molar-refractivity contribution in [2.45, 2.75) is 13.0 Å². The second kappa shape index (κ2) is 6.72. The summed E-state index contributed by atoms with van der Waals surface area (Å²) >= 11 is 15.4. The summed E-state index contributed by atoms with van der Waals surface area (Å²) in [6.07, 6.45) is 0.345. The SMILES string of the molecule is COCc1nc(Cc2c(Cl)cccc2Cl)[nH]c(=O)c1Br. The standard InChI is InChI=1S/C13H11BrCl2N2O2/c1-20-6-10-12(14)13(19)18-11(17-10)5-7-8(15)3-2-4-9(7)16/h2-4H,5-6H2,1H3,(H,17,18,19). The number of halogens is 3. The van der Waals surface area contributed by atoms with Gasteiger partial charge in [0.15, 0.2) is 0 Å². The van der Waals surface area contributed by atoms with Gasteiger partial charge < -0.3 is 9.72 Å². The minimum absolute atomic E-state index is 0.244. The Bertz CT molecular complexity index is 668. The van der Waals surface area contributed by atoms with E-state index < -0.39 is 0 Å². The van der Waals surface area contributed by atoms with Crippen molar-refractivity contribution in [3.8, 4) is 0 Å². The van der Waals surface area contributed by atoms with Crippen LogP contribution in [0.3, 0.4) is 0 Å². The van der Waals surface area contributed by atoms with E-state index in [2.05, 4.69) is 25.9 Å². The molecule has 0 aliphatic heterocycles. The average molecular weight is 378 g/mol. The fourth-order valence-electron chi connectivity index (χ4n) is 1.74. The third-order valence-electron chi connectivity index (χ3n) is 2.67. The van der Waals surface area contributed by atoms with Crippen LogP contribution in [0.5, 0.6) is 0 Å². The van der Waals surface area contributed by atoms with Gasteiger partial charge >= 0.3 is 0 Å². The van der Waals surface area contributed by atoms with Crippen molar-refractivity contribution < 1.29 is 4.74 Å². The second-order valence-corrected chi connectivity index (χ2v) is 5.69. The summed E-state index contributed by atoms with van der Waals surface area (Å²) in [4.78, 5) is 18.9. The maximum Gasteiger partial charge on any atom is 0.265 e. The number of benzene rings is 1. The molecule has 2 rings (SSSR count). The van der Waals surface area contributed by atoms with Crippen molar-refractivity contribution in [2.24, 2.45) is 0 Å². The van der Waals surface area contributed by atoms with E-state index in [0.29, 0.717) is 32.5 Å². The van der Waals surface area contributed by atoms with Gasteiger partial charge in [0.25, 0.3) is 5.56 Å². The summed E-state index contributed by atoms with van der Waals surface area (Å²) in [5, 5.41) is 1.08. The van der Waals surface area contributed by atoms with Gasteiger partial charge in [-0.3, -0.25) is 4.79 Å². The van der Waals surface area contributed by atoms with Gasteiger partial charge in [0, 0.05) is 23.6 Å². The fraction of sp³-hybridized carbons (Fsp3) is 0.231. The molecule has 1 heterocycles. The highest BCUT2D eigenvalue weighted by Crippen LogP contribution is 2.26. The minimum atomic E-state index is -0.259. The van der Waals surface area contributed by atoms with Gasteiger partial charge in [0.1, 0.15) is 10.3 Å². The zero-order valence-electron chi connectivity index (χ0n) is 10.5. The van der Waals surface area contributed by atoms with Crippen LogP contribution in [0, 0.1) is 0 Å². The molecule has 0 bridgehead atoms. The first-order chi connectivity index (χ1) is 9.52. The van der Waals surface area contributed by atoms with Crippen LogP contribution in [0.1, 0.15) is 17.1 Å². The lowest BCUT2D eigenvalue weighted by atomic mass is 10.1. The summed E-state index contributed by atoms with van der Waals surface area (Å²) in [6.45, 7) is 0.244. The largest absolute Gasteiger partial charge is 0.378 e. The van der Waals surface area contributed by atoms with Gasteiger partial charge in [0.2, 0.25) is 0 Å². The van der Waals surface area contributed by atoms with Crippen LogP contribution in [0.4, 0.5) is 0 Å². The lowest BCUT2D eigenvalue weighted by Crippen LogP contribution is -2.16. The molecule has 0 fully saturated rings. The quantitative estimate of drug-likeness (QED) is 0.885. The predicted molar refractivity (Wildman–Crippen MR) is 82.5 cm³/mol. The Morgan fingerprint density at radius 3 is 2.60 bits per heavy atom. The molecule has 0 spiro atoms. The molecule has 1 aromatic carbocycles. The molecule has 0 unspecified atom stereocenters. The number of nitrogens with zero attached hydrogens (tertiary/aromatic N) is 1. The molecule has 20 heavy (non-hydrogen) atoms.